The SMILES string of the molecule is Cc1cccnc1CCc1nc2sc(C)c(C)c2c(=O)[nH]1. The monoisotopic (exact) mass is 299 g/mol. The number of pyridine rings is 1. The van der Waals surface area contributed by atoms with Gasteiger partial charge in [0, 0.05) is 23.2 Å². The highest BCUT2D eigenvalue weighted by molar-refractivity contribution is 7.18. The summed E-state index contributed by atoms with van der Waals surface area (Å²) in [7, 11) is 0. The first-order chi connectivity index (χ1) is 10.1. The second kappa shape index (κ2) is 5.41. The Balaban J connectivity index is 1.92. The van der Waals surface area contributed by atoms with Crippen LogP contribution >= 0.6 is 11.3 Å². The number of rotatable bonds is 3. The van der Waals surface area contributed by atoms with E-state index in [1.807, 2.05) is 32.9 Å². The summed E-state index contributed by atoms with van der Waals surface area (Å²) in [6.07, 6.45) is 3.27. The Kier molecular flexibility index (Phi) is 3.59. The molecule has 0 atom stereocenters. The molecule has 108 valence electrons. The summed E-state index contributed by atoms with van der Waals surface area (Å²) in [4.78, 5) is 26.1. The minimum absolute atomic E-state index is 0.0328. The predicted molar refractivity (Wildman–Crippen MR) is 86.1 cm³/mol. The van der Waals surface area contributed by atoms with Gasteiger partial charge in [0.05, 0.1) is 5.39 Å². The first-order valence-electron chi connectivity index (χ1n) is 6.95. The molecule has 3 aromatic rings. The van der Waals surface area contributed by atoms with E-state index in [4.69, 9.17) is 0 Å². The topological polar surface area (TPSA) is 58.6 Å². The van der Waals surface area contributed by atoms with Crippen LogP contribution in [0.25, 0.3) is 10.2 Å². The van der Waals surface area contributed by atoms with Crippen LogP contribution in [0.4, 0.5) is 0 Å². The van der Waals surface area contributed by atoms with E-state index in [-0.39, 0.29) is 5.56 Å². The lowest BCUT2D eigenvalue weighted by atomic mass is 10.1. The molecule has 1 N–H and O–H groups in total. The van der Waals surface area contributed by atoms with Crippen LogP contribution in [0.15, 0.2) is 23.1 Å². The lowest BCUT2D eigenvalue weighted by molar-refractivity contribution is 0.832. The number of nitrogens with one attached hydrogen (secondary N) is 1. The third kappa shape index (κ3) is 2.61. The molecule has 0 amide bonds. The molecule has 0 bridgehead atoms. The first kappa shape index (κ1) is 13.9. The van der Waals surface area contributed by atoms with Gasteiger partial charge in [0.15, 0.2) is 0 Å². The van der Waals surface area contributed by atoms with Gasteiger partial charge < -0.3 is 4.98 Å². The summed E-state index contributed by atoms with van der Waals surface area (Å²) in [6.45, 7) is 6.05. The minimum atomic E-state index is -0.0328. The number of aromatic amines is 1. The van der Waals surface area contributed by atoms with Crippen LogP contribution in [0.1, 0.15) is 27.5 Å². The molecule has 0 radical (unpaired) electrons. The largest absolute Gasteiger partial charge is 0.310 e. The van der Waals surface area contributed by atoms with Gasteiger partial charge in [0.2, 0.25) is 0 Å². The summed E-state index contributed by atoms with van der Waals surface area (Å²) in [5, 5.41) is 0.732. The van der Waals surface area contributed by atoms with Crippen molar-refractivity contribution in [2.24, 2.45) is 0 Å². The number of nitrogens with zero attached hydrogens (tertiary/aromatic N) is 2. The number of aryl methyl sites for hydroxylation is 5. The molecule has 0 aromatic carbocycles. The van der Waals surface area contributed by atoms with E-state index in [1.165, 1.54) is 5.56 Å². The van der Waals surface area contributed by atoms with Crippen molar-refractivity contribution in [3.05, 3.63) is 56.2 Å². The molecular weight excluding hydrogens is 282 g/mol. The highest BCUT2D eigenvalue weighted by atomic mass is 32.1. The lowest BCUT2D eigenvalue weighted by Gasteiger charge is -2.04. The maximum absolute atomic E-state index is 12.2. The fourth-order valence-corrected chi connectivity index (χ4v) is 3.48. The fourth-order valence-electron chi connectivity index (χ4n) is 2.43. The molecule has 0 aliphatic heterocycles. The Morgan fingerprint density at radius 3 is 2.81 bits per heavy atom. The van der Waals surface area contributed by atoms with E-state index in [9.17, 15) is 4.79 Å². The Morgan fingerprint density at radius 2 is 2.05 bits per heavy atom. The predicted octanol–water partition coefficient (Wildman–Crippen LogP) is 3.09. The summed E-state index contributed by atoms with van der Waals surface area (Å²) in [6, 6.07) is 3.98. The van der Waals surface area contributed by atoms with Gasteiger partial charge in [-0.15, -0.1) is 11.3 Å². The number of hydrogen-bond donors (Lipinski definition) is 1. The zero-order valence-electron chi connectivity index (χ0n) is 12.4. The maximum atomic E-state index is 12.2. The van der Waals surface area contributed by atoms with Crippen LogP contribution in [-0.2, 0) is 12.8 Å². The van der Waals surface area contributed by atoms with E-state index in [0.717, 1.165) is 38.6 Å². The molecule has 0 aliphatic rings. The van der Waals surface area contributed by atoms with Crippen LogP contribution in [0.2, 0.25) is 0 Å². The number of H-pyrrole nitrogens is 1. The standard InChI is InChI=1S/C16H17N3OS/c1-9-5-4-8-17-12(9)6-7-13-18-15(20)14-10(2)11(3)21-16(14)19-13/h4-5,8H,6-7H2,1-3H3,(H,18,19,20). The van der Waals surface area contributed by atoms with Crippen LogP contribution in [0.3, 0.4) is 0 Å². The molecule has 0 saturated heterocycles. The molecule has 0 fully saturated rings. The van der Waals surface area contributed by atoms with Gasteiger partial charge >= 0.3 is 0 Å². The van der Waals surface area contributed by atoms with Crippen molar-refractivity contribution >= 4 is 21.6 Å². The molecule has 5 heteroatoms. The smallest absolute Gasteiger partial charge is 0.259 e. The fraction of sp³-hybridized carbons (Fsp3) is 0.312. The van der Waals surface area contributed by atoms with Crippen LogP contribution in [-0.4, -0.2) is 15.0 Å². The van der Waals surface area contributed by atoms with Gasteiger partial charge in [-0.1, -0.05) is 6.07 Å². The van der Waals surface area contributed by atoms with Crippen molar-refractivity contribution in [2.45, 2.75) is 33.6 Å². The van der Waals surface area contributed by atoms with E-state index in [0.29, 0.717) is 6.42 Å². The van der Waals surface area contributed by atoms with E-state index in [1.54, 1.807) is 17.5 Å². The summed E-state index contributed by atoms with van der Waals surface area (Å²) < 4.78 is 0. The Morgan fingerprint density at radius 1 is 1.24 bits per heavy atom. The van der Waals surface area contributed by atoms with Gasteiger partial charge in [-0.05, 0) is 44.4 Å². The van der Waals surface area contributed by atoms with Crippen molar-refractivity contribution in [2.75, 3.05) is 0 Å². The minimum Gasteiger partial charge on any atom is -0.310 e. The van der Waals surface area contributed by atoms with Crippen molar-refractivity contribution in [3.8, 4) is 0 Å². The van der Waals surface area contributed by atoms with Crippen molar-refractivity contribution in [3.63, 3.8) is 0 Å². The number of fused-ring (bicyclic) bond motifs is 1. The maximum Gasteiger partial charge on any atom is 0.259 e. The highest BCUT2D eigenvalue weighted by Gasteiger charge is 2.12. The second-order valence-electron chi connectivity index (χ2n) is 5.24. The lowest BCUT2D eigenvalue weighted by Crippen LogP contribution is -2.12. The molecule has 4 nitrogen and oxygen atoms in total. The Hall–Kier alpha value is -2.01. The molecule has 0 unspecified atom stereocenters. The number of aromatic nitrogens is 3. The molecule has 3 aromatic heterocycles. The molecule has 21 heavy (non-hydrogen) atoms. The average molecular weight is 299 g/mol. The van der Waals surface area contributed by atoms with E-state index in [2.05, 4.69) is 15.0 Å². The van der Waals surface area contributed by atoms with Crippen LogP contribution < -0.4 is 5.56 Å². The molecule has 0 aliphatic carbocycles. The van der Waals surface area contributed by atoms with Gasteiger partial charge in [0.1, 0.15) is 10.7 Å². The Labute approximate surface area is 126 Å². The van der Waals surface area contributed by atoms with Gasteiger partial charge in [-0.3, -0.25) is 9.78 Å². The highest BCUT2D eigenvalue weighted by Crippen LogP contribution is 2.25. The quantitative estimate of drug-likeness (QED) is 0.808. The summed E-state index contributed by atoms with van der Waals surface area (Å²) >= 11 is 1.59. The first-order valence-corrected chi connectivity index (χ1v) is 7.77. The molecule has 3 rings (SSSR count). The third-order valence-corrected chi connectivity index (χ3v) is 4.91. The second-order valence-corrected chi connectivity index (χ2v) is 6.45. The van der Waals surface area contributed by atoms with Gasteiger partial charge in [-0.2, -0.15) is 0 Å². The van der Waals surface area contributed by atoms with Crippen LogP contribution in [0.5, 0.6) is 0 Å². The normalized spacial score (nSPS) is 11.2. The van der Waals surface area contributed by atoms with Crippen molar-refractivity contribution in [1.29, 1.82) is 0 Å². The number of hydrogen-bond acceptors (Lipinski definition) is 4. The molecule has 3 heterocycles. The third-order valence-electron chi connectivity index (χ3n) is 3.80. The zero-order valence-corrected chi connectivity index (χ0v) is 13.2. The van der Waals surface area contributed by atoms with Crippen molar-refractivity contribution < 1.29 is 0 Å². The molecule has 0 spiro atoms. The van der Waals surface area contributed by atoms with Crippen molar-refractivity contribution in [1.82, 2.24) is 15.0 Å². The number of thiophene rings is 1. The van der Waals surface area contributed by atoms with Crippen LogP contribution in [0, 0.1) is 20.8 Å². The molecular formula is C16H17N3OS. The average Bonchev–Trinajstić information content (AvgIpc) is 2.73. The Bertz CT molecular complexity index is 864. The van der Waals surface area contributed by atoms with Gasteiger partial charge in [-0.25, -0.2) is 4.98 Å². The zero-order chi connectivity index (χ0) is 15.0. The molecule has 0 saturated carbocycles. The van der Waals surface area contributed by atoms with E-state index >= 15 is 0 Å². The van der Waals surface area contributed by atoms with E-state index < -0.39 is 0 Å². The van der Waals surface area contributed by atoms with Gasteiger partial charge in [0.25, 0.3) is 5.56 Å². The summed E-state index contributed by atoms with van der Waals surface area (Å²) in [5.74, 6) is 0.735. The summed E-state index contributed by atoms with van der Waals surface area (Å²) in [5.41, 5.74) is 3.23.